The van der Waals surface area contributed by atoms with E-state index in [9.17, 15) is 26.2 Å². The van der Waals surface area contributed by atoms with E-state index in [0.29, 0.717) is 38.7 Å². The maximum atomic E-state index is 14.7. The summed E-state index contributed by atoms with van der Waals surface area (Å²) in [5.74, 6) is -2.38. The lowest BCUT2D eigenvalue weighted by molar-refractivity contribution is -0.137. The van der Waals surface area contributed by atoms with Crippen molar-refractivity contribution in [3.05, 3.63) is 41.7 Å². The van der Waals surface area contributed by atoms with Gasteiger partial charge in [0.15, 0.2) is 11.6 Å². The van der Waals surface area contributed by atoms with Gasteiger partial charge in [-0.1, -0.05) is 0 Å². The van der Waals surface area contributed by atoms with Gasteiger partial charge in [-0.15, -0.1) is 0 Å². The standard InChI is InChI=1S/C20H17F5N4O2S/c21-11-9-26-18(27-10-11)16-12-7-15(28-17(12)14(22)8-13(16)20(23,24)25)32(30)29-4-1-19(29)2-5-31-6-3-19/h7-10,28H,1-6H2. The van der Waals surface area contributed by atoms with Crippen molar-refractivity contribution in [2.75, 3.05) is 19.8 Å². The Kier molecular flexibility index (Phi) is 5.06. The summed E-state index contributed by atoms with van der Waals surface area (Å²) in [5, 5.41) is -0.0963. The predicted octanol–water partition coefficient (Wildman–Crippen LogP) is 4.20. The van der Waals surface area contributed by atoms with Crippen LogP contribution in [0.1, 0.15) is 24.8 Å². The second-order valence-electron chi connectivity index (χ2n) is 7.86. The molecule has 3 aromatic rings. The zero-order chi connectivity index (χ0) is 22.7. The molecule has 32 heavy (non-hydrogen) atoms. The molecule has 1 aromatic carbocycles. The fraction of sp³-hybridized carbons (Fsp3) is 0.400. The van der Waals surface area contributed by atoms with E-state index in [1.165, 1.54) is 6.07 Å². The van der Waals surface area contributed by atoms with Gasteiger partial charge in [-0.2, -0.15) is 13.2 Å². The highest BCUT2D eigenvalue weighted by Crippen LogP contribution is 2.44. The number of halogens is 5. The smallest absolute Gasteiger partial charge is 0.381 e. The lowest BCUT2D eigenvalue weighted by Crippen LogP contribution is -2.62. The van der Waals surface area contributed by atoms with E-state index in [1.54, 1.807) is 4.31 Å². The van der Waals surface area contributed by atoms with Crippen LogP contribution in [0.5, 0.6) is 0 Å². The summed E-state index contributed by atoms with van der Waals surface area (Å²) in [6.07, 6.45) is -1.22. The Bertz CT molecular complexity index is 1210. The average molecular weight is 472 g/mol. The van der Waals surface area contributed by atoms with Crippen LogP contribution in [0.2, 0.25) is 0 Å². The van der Waals surface area contributed by atoms with Crippen molar-refractivity contribution in [3.63, 3.8) is 0 Å². The van der Waals surface area contributed by atoms with E-state index in [0.717, 1.165) is 18.8 Å². The van der Waals surface area contributed by atoms with E-state index in [2.05, 4.69) is 15.0 Å². The summed E-state index contributed by atoms with van der Waals surface area (Å²) in [6, 6.07) is 1.58. The number of alkyl halides is 3. The zero-order valence-electron chi connectivity index (χ0n) is 16.5. The van der Waals surface area contributed by atoms with E-state index in [4.69, 9.17) is 4.74 Å². The van der Waals surface area contributed by atoms with Gasteiger partial charge in [-0.25, -0.2) is 27.3 Å². The van der Waals surface area contributed by atoms with Crippen LogP contribution >= 0.6 is 0 Å². The monoisotopic (exact) mass is 472 g/mol. The number of H-pyrrole nitrogens is 1. The molecule has 0 amide bonds. The average Bonchev–Trinajstić information content (AvgIpc) is 3.20. The summed E-state index contributed by atoms with van der Waals surface area (Å²) < 4.78 is 89.6. The molecule has 1 spiro atoms. The van der Waals surface area contributed by atoms with Crippen LogP contribution in [-0.4, -0.2) is 48.8 Å². The molecule has 1 atom stereocenters. The molecule has 2 fully saturated rings. The molecule has 12 heteroatoms. The van der Waals surface area contributed by atoms with Crippen LogP contribution in [0.15, 0.2) is 29.6 Å². The van der Waals surface area contributed by atoms with Crippen LogP contribution in [0.25, 0.3) is 22.3 Å². The molecule has 0 saturated carbocycles. The number of benzene rings is 1. The molecule has 2 aliphatic rings. The molecule has 2 aliphatic heterocycles. The fourth-order valence-corrected chi connectivity index (χ4v) is 5.91. The molecule has 4 heterocycles. The van der Waals surface area contributed by atoms with Gasteiger partial charge >= 0.3 is 6.18 Å². The summed E-state index contributed by atoms with van der Waals surface area (Å²) in [4.78, 5) is 10.0. The largest absolute Gasteiger partial charge is 0.417 e. The van der Waals surface area contributed by atoms with Crippen LogP contribution in [0.4, 0.5) is 22.0 Å². The first kappa shape index (κ1) is 21.4. The summed E-state index contributed by atoms with van der Waals surface area (Å²) in [6.45, 7) is 1.62. The third-order valence-corrected chi connectivity index (χ3v) is 7.68. The van der Waals surface area contributed by atoms with E-state index >= 15 is 0 Å². The number of hydrogen-bond donors (Lipinski definition) is 1. The van der Waals surface area contributed by atoms with Crippen molar-refractivity contribution in [1.29, 1.82) is 0 Å². The third kappa shape index (κ3) is 3.41. The Morgan fingerprint density at radius 2 is 1.78 bits per heavy atom. The van der Waals surface area contributed by atoms with Crippen molar-refractivity contribution < 1.29 is 30.9 Å². The van der Waals surface area contributed by atoms with Crippen LogP contribution in [-0.2, 0) is 21.9 Å². The number of nitrogens with one attached hydrogen (secondary N) is 1. The predicted molar refractivity (Wildman–Crippen MR) is 105 cm³/mol. The lowest BCUT2D eigenvalue weighted by Gasteiger charge is -2.53. The van der Waals surface area contributed by atoms with Crippen molar-refractivity contribution in [2.45, 2.75) is 36.0 Å². The minimum Gasteiger partial charge on any atom is -0.381 e. The van der Waals surface area contributed by atoms with Crippen LogP contribution < -0.4 is 0 Å². The molecule has 1 unspecified atom stereocenters. The highest BCUT2D eigenvalue weighted by Gasteiger charge is 2.49. The van der Waals surface area contributed by atoms with Gasteiger partial charge in [-0.05, 0) is 31.4 Å². The number of ether oxygens (including phenoxy) is 1. The molecule has 170 valence electrons. The number of aromatic amines is 1. The van der Waals surface area contributed by atoms with Crippen molar-refractivity contribution in [1.82, 2.24) is 19.3 Å². The summed E-state index contributed by atoms with van der Waals surface area (Å²) in [7, 11) is -1.74. The zero-order valence-corrected chi connectivity index (χ0v) is 17.3. The van der Waals surface area contributed by atoms with E-state index < -0.39 is 45.7 Å². The first-order chi connectivity index (χ1) is 15.2. The molecule has 0 aliphatic carbocycles. The molecule has 5 rings (SSSR count). The molecule has 2 aromatic heterocycles. The topological polar surface area (TPSA) is 71.1 Å². The second kappa shape index (κ2) is 7.56. The highest BCUT2D eigenvalue weighted by atomic mass is 32.2. The Labute approximate surface area is 181 Å². The molecule has 6 nitrogen and oxygen atoms in total. The van der Waals surface area contributed by atoms with Gasteiger partial charge in [0.25, 0.3) is 0 Å². The molecule has 2 saturated heterocycles. The van der Waals surface area contributed by atoms with Gasteiger partial charge in [0, 0.05) is 36.2 Å². The maximum absolute atomic E-state index is 14.7. The lowest BCUT2D eigenvalue weighted by atomic mass is 9.81. The van der Waals surface area contributed by atoms with Gasteiger partial charge in [0.1, 0.15) is 21.8 Å². The highest BCUT2D eigenvalue weighted by molar-refractivity contribution is 7.82. The minimum absolute atomic E-state index is 0.0761. The molecule has 0 radical (unpaired) electrons. The van der Waals surface area contributed by atoms with Crippen LogP contribution in [0, 0.1) is 11.6 Å². The Morgan fingerprint density at radius 1 is 1.09 bits per heavy atom. The van der Waals surface area contributed by atoms with Gasteiger partial charge in [0.05, 0.1) is 23.5 Å². The second-order valence-corrected chi connectivity index (χ2v) is 9.24. The molecule has 1 N–H and O–H groups in total. The fourth-order valence-electron chi connectivity index (χ4n) is 4.38. The molecular weight excluding hydrogens is 455 g/mol. The quantitative estimate of drug-likeness (QED) is 0.580. The van der Waals surface area contributed by atoms with Gasteiger partial charge in [0.2, 0.25) is 0 Å². The van der Waals surface area contributed by atoms with Crippen molar-refractivity contribution in [2.24, 2.45) is 0 Å². The van der Waals surface area contributed by atoms with Gasteiger partial charge in [-0.3, -0.25) is 0 Å². The first-order valence-electron chi connectivity index (χ1n) is 9.87. The van der Waals surface area contributed by atoms with Crippen molar-refractivity contribution in [3.8, 4) is 11.4 Å². The third-order valence-electron chi connectivity index (χ3n) is 6.11. The van der Waals surface area contributed by atoms with E-state index in [1.807, 2.05) is 0 Å². The van der Waals surface area contributed by atoms with Crippen molar-refractivity contribution >= 4 is 21.9 Å². The maximum Gasteiger partial charge on any atom is 0.417 e. The molecule has 0 bridgehead atoms. The Morgan fingerprint density at radius 3 is 2.38 bits per heavy atom. The Balaban J connectivity index is 1.64. The normalized spacial score (nSPS) is 19.9. The molecular formula is C20H17F5N4O2S. The van der Waals surface area contributed by atoms with Gasteiger partial charge < -0.3 is 9.72 Å². The Hall–Kier alpha value is -2.44. The number of fused-ring (bicyclic) bond motifs is 1. The number of rotatable bonds is 3. The minimum atomic E-state index is -4.91. The SMILES string of the molecule is O=S(c1cc2c(-c3ncc(F)cn3)c(C(F)(F)F)cc(F)c2[nH]1)N1CCC12CCOCC2. The summed E-state index contributed by atoms with van der Waals surface area (Å²) in [5.41, 5.74) is -2.34. The number of nitrogens with zero attached hydrogens (tertiary/aromatic N) is 3. The number of hydrogen-bond acceptors (Lipinski definition) is 4. The first-order valence-corrected chi connectivity index (χ1v) is 11.0. The van der Waals surface area contributed by atoms with E-state index in [-0.39, 0.29) is 21.5 Å². The van der Waals surface area contributed by atoms with Crippen LogP contribution in [0.3, 0.4) is 0 Å². The number of aromatic nitrogens is 3. The summed E-state index contributed by atoms with van der Waals surface area (Å²) >= 11 is 0.